The SMILES string of the molecule is Cc1nn(CCC#N)c(N)c1[N+](=O)[O-]. The first kappa shape index (κ1) is 9.98. The van der Waals surface area contributed by atoms with E-state index in [4.69, 9.17) is 11.0 Å². The third kappa shape index (κ3) is 1.64. The Kier molecular flexibility index (Phi) is 2.67. The molecule has 7 heteroatoms. The van der Waals surface area contributed by atoms with Crippen molar-refractivity contribution < 1.29 is 4.92 Å². The van der Waals surface area contributed by atoms with Crippen LogP contribution in [0.2, 0.25) is 0 Å². The molecule has 0 saturated carbocycles. The summed E-state index contributed by atoms with van der Waals surface area (Å²) in [7, 11) is 0. The van der Waals surface area contributed by atoms with Gasteiger partial charge in [0.05, 0.1) is 24.0 Å². The molecule has 0 fully saturated rings. The van der Waals surface area contributed by atoms with Crippen LogP contribution in [-0.2, 0) is 6.54 Å². The Morgan fingerprint density at radius 1 is 1.79 bits per heavy atom. The quantitative estimate of drug-likeness (QED) is 0.560. The van der Waals surface area contributed by atoms with Gasteiger partial charge in [-0.25, -0.2) is 4.68 Å². The number of hydrogen-bond donors (Lipinski definition) is 1. The Bertz CT molecular complexity index is 403. The molecular formula is C7H9N5O2. The minimum atomic E-state index is -0.569. The zero-order chi connectivity index (χ0) is 10.7. The lowest BCUT2D eigenvalue weighted by Crippen LogP contribution is -2.05. The predicted octanol–water partition coefficient (Wildman–Crippen LogP) is 0.596. The molecule has 0 aliphatic heterocycles. The molecular weight excluding hydrogens is 186 g/mol. The maximum atomic E-state index is 10.5. The molecule has 7 nitrogen and oxygen atoms in total. The highest BCUT2D eigenvalue weighted by molar-refractivity contribution is 5.55. The molecule has 0 aliphatic carbocycles. The van der Waals surface area contributed by atoms with E-state index in [0.29, 0.717) is 0 Å². The average Bonchev–Trinajstić information content (AvgIpc) is 2.38. The van der Waals surface area contributed by atoms with Crippen molar-refractivity contribution in [3.63, 3.8) is 0 Å². The second kappa shape index (κ2) is 3.74. The lowest BCUT2D eigenvalue weighted by molar-refractivity contribution is -0.384. The molecule has 0 unspecified atom stereocenters. The number of anilines is 1. The molecule has 0 aliphatic rings. The van der Waals surface area contributed by atoms with E-state index in [1.807, 2.05) is 6.07 Å². The maximum absolute atomic E-state index is 10.5. The standard InChI is InChI=1S/C7H9N5O2/c1-5-6(12(13)14)7(9)11(10-5)4-2-3-8/h2,4,9H2,1H3. The summed E-state index contributed by atoms with van der Waals surface area (Å²) in [6, 6.07) is 1.92. The van der Waals surface area contributed by atoms with E-state index in [2.05, 4.69) is 5.10 Å². The smallest absolute Gasteiger partial charge is 0.333 e. The zero-order valence-corrected chi connectivity index (χ0v) is 7.60. The number of aryl methyl sites for hydroxylation is 2. The minimum Gasteiger partial charge on any atom is -0.378 e. The second-order valence-corrected chi connectivity index (χ2v) is 2.71. The predicted molar refractivity (Wildman–Crippen MR) is 48.3 cm³/mol. The van der Waals surface area contributed by atoms with Crippen molar-refractivity contribution in [3.8, 4) is 6.07 Å². The summed E-state index contributed by atoms with van der Waals surface area (Å²) in [5, 5.41) is 22.7. The van der Waals surface area contributed by atoms with Crippen LogP contribution >= 0.6 is 0 Å². The number of hydrogen-bond acceptors (Lipinski definition) is 5. The largest absolute Gasteiger partial charge is 0.378 e. The first-order valence-corrected chi connectivity index (χ1v) is 3.92. The number of nitriles is 1. The van der Waals surface area contributed by atoms with Crippen molar-refractivity contribution in [3.05, 3.63) is 15.8 Å². The Balaban J connectivity index is 3.05. The fourth-order valence-corrected chi connectivity index (χ4v) is 1.14. The summed E-state index contributed by atoms with van der Waals surface area (Å²) >= 11 is 0. The summed E-state index contributed by atoms with van der Waals surface area (Å²) in [6.45, 7) is 1.79. The molecule has 0 atom stereocenters. The van der Waals surface area contributed by atoms with Crippen LogP contribution in [0.15, 0.2) is 0 Å². The topological polar surface area (TPSA) is 111 Å². The summed E-state index contributed by atoms with van der Waals surface area (Å²) in [4.78, 5) is 9.97. The average molecular weight is 195 g/mol. The molecule has 0 radical (unpaired) electrons. The number of nitrogen functional groups attached to an aromatic ring is 1. The molecule has 0 spiro atoms. The summed E-state index contributed by atoms with van der Waals surface area (Å²) < 4.78 is 1.27. The molecule has 1 heterocycles. The van der Waals surface area contributed by atoms with Gasteiger partial charge in [-0.1, -0.05) is 0 Å². The molecule has 0 bridgehead atoms. The van der Waals surface area contributed by atoms with E-state index in [9.17, 15) is 10.1 Å². The lowest BCUT2D eigenvalue weighted by atomic mass is 10.4. The molecule has 0 saturated heterocycles. The lowest BCUT2D eigenvalue weighted by Gasteiger charge is -1.97. The van der Waals surface area contributed by atoms with Crippen LogP contribution < -0.4 is 5.73 Å². The van der Waals surface area contributed by atoms with E-state index in [0.717, 1.165) is 0 Å². The fraction of sp³-hybridized carbons (Fsp3) is 0.429. The van der Waals surface area contributed by atoms with E-state index in [-0.39, 0.29) is 30.2 Å². The number of nitro groups is 1. The van der Waals surface area contributed by atoms with Gasteiger partial charge >= 0.3 is 5.69 Å². The summed E-state index contributed by atoms with van der Waals surface area (Å²) in [6.07, 6.45) is 0.225. The number of rotatable bonds is 3. The second-order valence-electron chi connectivity index (χ2n) is 2.71. The molecule has 1 aromatic heterocycles. The number of nitrogens with two attached hydrogens (primary N) is 1. The van der Waals surface area contributed by atoms with Crippen molar-refractivity contribution >= 4 is 11.5 Å². The van der Waals surface area contributed by atoms with Gasteiger partial charge in [0.15, 0.2) is 0 Å². The van der Waals surface area contributed by atoms with Gasteiger partial charge in [0.25, 0.3) is 0 Å². The van der Waals surface area contributed by atoms with E-state index >= 15 is 0 Å². The van der Waals surface area contributed by atoms with Crippen LogP contribution in [0.5, 0.6) is 0 Å². The highest BCUT2D eigenvalue weighted by atomic mass is 16.6. The van der Waals surface area contributed by atoms with E-state index in [1.165, 1.54) is 11.6 Å². The highest BCUT2D eigenvalue weighted by Gasteiger charge is 2.22. The molecule has 0 aromatic carbocycles. The molecule has 0 amide bonds. The third-order valence-electron chi connectivity index (χ3n) is 1.75. The van der Waals surface area contributed by atoms with Crippen molar-refractivity contribution in [2.75, 3.05) is 5.73 Å². The van der Waals surface area contributed by atoms with Gasteiger partial charge in [-0.2, -0.15) is 10.4 Å². The summed E-state index contributed by atoms with van der Waals surface area (Å²) in [5.41, 5.74) is 5.59. The maximum Gasteiger partial charge on any atom is 0.333 e. The van der Waals surface area contributed by atoms with Gasteiger partial charge in [0.2, 0.25) is 5.82 Å². The first-order chi connectivity index (χ1) is 6.57. The van der Waals surface area contributed by atoms with Crippen LogP contribution in [0.1, 0.15) is 12.1 Å². The van der Waals surface area contributed by atoms with Crippen LogP contribution in [0.3, 0.4) is 0 Å². The van der Waals surface area contributed by atoms with Crippen molar-refractivity contribution in [1.29, 1.82) is 5.26 Å². The molecule has 74 valence electrons. The van der Waals surface area contributed by atoms with E-state index < -0.39 is 4.92 Å². The van der Waals surface area contributed by atoms with Crippen molar-refractivity contribution in [2.24, 2.45) is 0 Å². The fourth-order valence-electron chi connectivity index (χ4n) is 1.14. The van der Waals surface area contributed by atoms with Gasteiger partial charge < -0.3 is 5.73 Å². The van der Waals surface area contributed by atoms with Gasteiger partial charge in [0.1, 0.15) is 5.69 Å². The minimum absolute atomic E-state index is 0.00255. The summed E-state index contributed by atoms with van der Waals surface area (Å²) in [5.74, 6) is 0.00255. The molecule has 1 rings (SSSR count). The third-order valence-corrected chi connectivity index (χ3v) is 1.75. The van der Waals surface area contributed by atoms with Crippen LogP contribution in [0.25, 0.3) is 0 Å². The van der Waals surface area contributed by atoms with Crippen molar-refractivity contribution in [1.82, 2.24) is 9.78 Å². The molecule has 1 aromatic rings. The zero-order valence-electron chi connectivity index (χ0n) is 7.60. The Labute approximate surface area is 79.9 Å². The monoisotopic (exact) mass is 195 g/mol. The van der Waals surface area contributed by atoms with Crippen LogP contribution in [0, 0.1) is 28.4 Å². The van der Waals surface area contributed by atoms with Crippen LogP contribution in [-0.4, -0.2) is 14.7 Å². The number of nitrogens with zero attached hydrogens (tertiary/aromatic N) is 4. The highest BCUT2D eigenvalue weighted by Crippen LogP contribution is 2.24. The normalized spacial score (nSPS) is 9.71. The Hall–Kier alpha value is -2.10. The van der Waals surface area contributed by atoms with Crippen molar-refractivity contribution in [2.45, 2.75) is 19.9 Å². The first-order valence-electron chi connectivity index (χ1n) is 3.92. The van der Waals surface area contributed by atoms with Gasteiger partial charge in [-0.05, 0) is 6.92 Å². The van der Waals surface area contributed by atoms with Gasteiger partial charge in [-0.3, -0.25) is 10.1 Å². The van der Waals surface area contributed by atoms with Gasteiger partial charge in [0, 0.05) is 0 Å². The van der Waals surface area contributed by atoms with E-state index in [1.54, 1.807) is 0 Å². The number of aromatic nitrogens is 2. The molecule has 14 heavy (non-hydrogen) atoms. The van der Waals surface area contributed by atoms with Gasteiger partial charge in [-0.15, -0.1) is 0 Å². The molecule has 2 N–H and O–H groups in total. The Morgan fingerprint density at radius 2 is 2.43 bits per heavy atom. The Morgan fingerprint density at radius 3 is 2.86 bits per heavy atom. The van der Waals surface area contributed by atoms with Crippen LogP contribution in [0.4, 0.5) is 11.5 Å².